The first-order valence-corrected chi connectivity index (χ1v) is 12.8. The molecule has 3 aliphatic rings. The van der Waals surface area contributed by atoms with Gasteiger partial charge in [0, 0.05) is 39.0 Å². The van der Waals surface area contributed by atoms with Crippen LogP contribution in [0.3, 0.4) is 0 Å². The van der Waals surface area contributed by atoms with Crippen LogP contribution in [0.15, 0.2) is 30.3 Å². The number of piperidine rings is 1. The summed E-state index contributed by atoms with van der Waals surface area (Å²) in [7, 11) is 0. The second-order valence-electron chi connectivity index (χ2n) is 10.6. The van der Waals surface area contributed by atoms with Crippen molar-refractivity contribution in [2.75, 3.05) is 39.3 Å². The lowest BCUT2D eigenvalue weighted by atomic mass is 9.91. The van der Waals surface area contributed by atoms with Gasteiger partial charge in [0.1, 0.15) is 11.7 Å². The number of carbonyl (C=O) groups excluding carboxylic acids is 3. The van der Waals surface area contributed by atoms with Gasteiger partial charge in [0.05, 0.1) is 30.9 Å². The lowest BCUT2D eigenvalue weighted by Gasteiger charge is -2.40. The maximum Gasteiger partial charge on any atom is 0.410 e. The van der Waals surface area contributed by atoms with Gasteiger partial charge >= 0.3 is 18.2 Å². The van der Waals surface area contributed by atoms with Crippen LogP contribution in [0.4, 0.5) is 9.59 Å². The molecule has 0 radical (unpaired) electrons. The molecule has 0 unspecified atom stereocenters. The number of piperazine rings is 1. The van der Waals surface area contributed by atoms with Crippen LogP contribution in [-0.4, -0.2) is 96.2 Å². The van der Waals surface area contributed by atoms with Crippen molar-refractivity contribution >= 4 is 18.2 Å². The zero-order valence-corrected chi connectivity index (χ0v) is 21.4. The van der Waals surface area contributed by atoms with E-state index in [4.69, 9.17) is 19.0 Å². The number of rotatable bonds is 5. The Morgan fingerprint density at radius 1 is 0.778 bits per heavy atom. The highest BCUT2D eigenvalue weighted by atomic mass is 16.7. The van der Waals surface area contributed by atoms with Crippen LogP contribution in [0.1, 0.15) is 56.8 Å². The number of likely N-dealkylation sites (tertiary alicyclic amines) is 1. The number of hydrogen-bond donors (Lipinski definition) is 0. The lowest BCUT2D eigenvalue weighted by molar-refractivity contribution is -0.135. The first kappa shape index (κ1) is 26.2. The molecule has 0 N–H and O–H groups in total. The minimum Gasteiger partial charge on any atom is -0.446 e. The highest BCUT2D eigenvalue weighted by Crippen LogP contribution is 2.30. The molecule has 10 heteroatoms. The molecule has 2 amide bonds. The van der Waals surface area contributed by atoms with E-state index in [9.17, 15) is 14.4 Å². The Balaban J connectivity index is 1.08. The van der Waals surface area contributed by atoms with Gasteiger partial charge in [0.2, 0.25) is 0 Å². The Bertz CT molecular complexity index is 898. The predicted molar refractivity (Wildman–Crippen MR) is 130 cm³/mol. The average Bonchev–Trinajstić information content (AvgIpc) is 2.83. The van der Waals surface area contributed by atoms with E-state index in [1.807, 2.05) is 26.8 Å². The molecule has 2 saturated heterocycles. The fourth-order valence-corrected chi connectivity index (χ4v) is 4.42. The van der Waals surface area contributed by atoms with E-state index >= 15 is 0 Å². The molecule has 2 heterocycles. The molecule has 1 aliphatic carbocycles. The summed E-state index contributed by atoms with van der Waals surface area (Å²) in [5.74, 6) is -0.400. The molecule has 198 valence electrons. The first-order chi connectivity index (χ1) is 17.2. The van der Waals surface area contributed by atoms with Gasteiger partial charge in [-0.1, -0.05) is 18.2 Å². The zero-order chi connectivity index (χ0) is 25.7. The van der Waals surface area contributed by atoms with Gasteiger partial charge in [0.25, 0.3) is 0 Å². The molecule has 36 heavy (non-hydrogen) atoms. The summed E-state index contributed by atoms with van der Waals surface area (Å²) in [4.78, 5) is 45.7. The quantitative estimate of drug-likeness (QED) is 0.603. The van der Waals surface area contributed by atoms with Crippen LogP contribution < -0.4 is 0 Å². The number of carbonyl (C=O) groups is 3. The molecular weight excluding hydrogens is 466 g/mol. The third kappa shape index (κ3) is 7.33. The van der Waals surface area contributed by atoms with Gasteiger partial charge in [-0.25, -0.2) is 14.4 Å². The highest BCUT2D eigenvalue weighted by Gasteiger charge is 2.37. The smallest absolute Gasteiger partial charge is 0.410 e. The van der Waals surface area contributed by atoms with Crippen molar-refractivity contribution in [2.24, 2.45) is 0 Å². The standard InChI is InChI=1S/C26H37N3O7/c1-26(2,3)35-25(32)27-11-9-20(10-12-27)33-21-17-22(18-21)34-24(31)28-13-15-29(16-14-28)36-23(30)19-7-5-4-6-8-19/h4-8,20-22H,9-18H2,1-3H3/t21-,22-. The molecule has 4 rings (SSSR count). The Kier molecular flexibility index (Phi) is 8.35. The number of ether oxygens (including phenoxy) is 3. The van der Waals surface area contributed by atoms with Crippen LogP contribution in [0.2, 0.25) is 0 Å². The average molecular weight is 504 g/mol. The van der Waals surface area contributed by atoms with Crippen LogP contribution in [0, 0.1) is 0 Å². The normalized spacial score (nSPS) is 23.5. The van der Waals surface area contributed by atoms with Gasteiger partial charge in [-0.15, -0.1) is 5.06 Å². The van der Waals surface area contributed by atoms with Gasteiger partial charge in [-0.05, 0) is 45.7 Å². The van der Waals surface area contributed by atoms with E-state index in [0.29, 0.717) is 57.7 Å². The lowest BCUT2D eigenvalue weighted by Crippen LogP contribution is -2.51. The summed E-state index contributed by atoms with van der Waals surface area (Å²) in [5, 5.41) is 1.58. The Hall–Kier alpha value is -2.85. The van der Waals surface area contributed by atoms with Gasteiger partial charge in [-0.2, -0.15) is 0 Å². The fourth-order valence-electron chi connectivity index (χ4n) is 4.42. The monoisotopic (exact) mass is 503 g/mol. The van der Waals surface area contributed by atoms with E-state index < -0.39 is 11.6 Å². The molecule has 0 bridgehead atoms. The van der Waals surface area contributed by atoms with Gasteiger partial charge < -0.3 is 28.8 Å². The molecule has 0 spiro atoms. The number of hydrogen-bond acceptors (Lipinski definition) is 8. The number of benzene rings is 1. The van der Waals surface area contributed by atoms with Crippen molar-refractivity contribution in [1.82, 2.24) is 14.9 Å². The van der Waals surface area contributed by atoms with Crippen molar-refractivity contribution in [2.45, 2.75) is 70.4 Å². The SMILES string of the molecule is CC(C)(C)OC(=O)N1CCC(O[C@H]2C[C@H](OC(=O)N3CCN(OC(=O)c4ccccc4)CC3)C2)CC1. The highest BCUT2D eigenvalue weighted by molar-refractivity contribution is 5.89. The maximum atomic E-state index is 12.5. The summed E-state index contributed by atoms with van der Waals surface area (Å²) < 4.78 is 17.2. The molecule has 1 aromatic rings. The Morgan fingerprint density at radius 3 is 2.00 bits per heavy atom. The Labute approximate surface area is 212 Å². The largest absolute Gasteiger partial charge is 0.446 e. The van der Waals surface area contributed by atoms with Gasteiger partial charge in [0.15, 0.2) is 0 Å². The Morgan fingerprint density at radius 2 is 1.39 bits per heavy atom. The maximum absolute atomic E-state index is 12.5. The van der Waals surface area contributed by atoms with Crippen LogP contribution in [0.5, 0.6) is 0 Å². The molecule has 1 aromatic carbocycles. The zero-order valence-electron chi connectivity index (χ0n) is 21.4. The van der Waals surface area contributed by atoms with Crippen molar-refractivity contribution in [3.05, 3.63) is 35.9 Å². The topological polar surface area (TPSA) is 97.8 Å². The summed E-state index contributed by atoms with van der Waals surface area (Å²) >= 11 is 0. The van der Waals surface area contributed by atoms with E-state index in [1.165, 1.54) is 0 Å². The summed E-state index contributed by atoms with van der Waals surface area (Å²) in [6.45, 7) is 8.58. The molecule has 10 nitrogen and oxygen atoms in total. The summed E-state index contributed by atoms with van der Waals surface area (Å²) in [5.41, 5.74) is 0.000615. The first-order valence-electron chi connectivity index (χ1n) is 12.8. The van der Waals surface area contributed by atoms with Crippen molar-refractivity contribution in [3.63, 3.8) is 0 Å². The van der Waals surface area contributed by atoms with E-state index in [1.54, 1.807) is 39.1 Å². The van der Waals surface area contributed by atoms with E-state index in [2.05, 4.69) is 0 Å². The molecule has 0 atom stereocenters. The van der Waals surface area contributed by atoms with Crippen LogP contribution >= 0.6 is 0 Å². The third-order valence-corrected chi connectivity index (χ3v) is 6.52. The predicted octanol–water partition coefficient (Wildman–Crippen LogP) is 3.46. The minimum absolute atomic E-state index is 0.0788. The van der Waals surface area contributed by atoms with Gasteiger partial charge in [-0.3, -0.25) is 0 Å². The third-order valence-electron chi connectivity index (χ3n) is 6.52. The van der Waals surface area contributed by atoms with E-state index in [-0.39, 0.29) is 30.5 Å². The number of nitrogens with zero attached hydrogens (tertiary/aromatic N) is 3. The summed E-state index contributed by atoms with van der Waals surface area (Å²) in [6.07, 6.45) is 2.37. The second kappa shape index (κ2) is 11.5. The second-order valence-corrected chi connectivity index (χ2v) is 10.6. The van der Waals surface area contributed by atoms with Crippen LogP contribution in [0.25, 0.3) is 0 Å². The van der Waals surface area contributed by atoms with Crippen molar-refractivity contribution in [3.8, 4) is 0 Å². The molecular formula is C26H37N3O7. The number of amides is 2. The summed E-state index contributed by atoms with van der Waals surface area (Å²) in [6, 6.07) is 8.83. The molecule has 0 aromatic heterocycles. The van der Waals surface area contributed by atoms with Crippen LogP contribution in [-0.2, 0) is 19.0 Å². The van der Waals surface area contributed by atoms with Crippen molar-refractivity contribution in [1.29, 1.82) is 0 Å². The molecule has 3 fully saturated rings. The van der Waals surface area contributed by atoms with Crippen molar-refractivity contribution < 1.29 is 33.4 Å². The molecule has 1 saturated carbocycles. The fraction of sp³-hybridized carbons (Fsp3) is 0.654. The van der Waals surface area contributed by atoms with E-state index in [0.717, 1.165) is 12.8 Å². The molecule has 2 aliphatic heterocycles. The number of hydroxylamine groups is 2. The minimum atomic E-state index is -0.494.